The van der Waals surface area contributed by atoms with Crippen molar-refractivity contribution in [3.63, 3.8) is 0 Å². The van der Waals surface area contributed by atoms with E-state index in [1.165, 1.54) is 4.31 Å². The van der Waals surface area contributed by atoms with Crippen LogP contribution in [0, 0.1) is 0 Å². The van der Waals surface area contributed by atoms with Crippen LogP contribution in [0.2, 0.25) is 0 Å². The van der Waals surface area contributed by atoms with E-state index in [1.54, 1.807) is 33.4 Å². The second-order valence-electron chi connectivity index (χ2n) is 8.74. The maximum absolute atomic E-state index is 13.0. The number of amides is 1. The van der Waals surface area contributed by atoms with Crippen LogP contribution in [0.1, 0.15) is 41.6 Å². The van der Waals surface area contributed by atoms with Gasteiger partial charge in [0.2, 0.25) is 0 Å². The van der Waals surface area contributed by atoms with Crippen LogP contribution >= 0.6 is 0 Å². The van der Waals surface area contributed by atoms with E-state index in [0.717, 1.165) is 18.4 Å². The van der Waals surface area contributed by atoms with Gasteiger partial charge in [0.25, 0.3) is 16.1 Å². The molecule has 1 aliphatic rings. The van der Waals surface area contributed by atoms with Gasteiger partial charge >= 0.3 is 0 Å². The molecule has 8 nitrogen and oxygen atoms in total. The summed E-state index contributed by atoms with van der Waals surface area (Å²) in [5.74, 6) is 0.347. The highest BCUT2D eigenvalue weighted by atomic mass is 32.2. The summed E-state index contributed by atoms with van der Waals surface area (Å²) in [6.45, 7) is 1.09. The van der Waals surface area contributed by atoms with Crippen molar-refractivity contribution in [1.29, 1.82) is 0 Å². The van der Waals surface area contributed by atoms with Gasteiger partial charge in [-0.05, 0) is 43.4 Å². The average Bonchev–Trinajstić information content (AvgIpc) is 2.87. The number of carbonyl (C=O) groups is 1. The zero-order valence-electron chi connectivity index (χ0n) is 20.1. The number of nitrogens with zero attached hydrogens (tertiary/aromatic N) is 1. The van der Waals surface area contributed by atoms with Crippen molar-refractivity contribution in [3.05, 3.63) is 65.7 Å². The Hall–Kier alpha value is -2.46. The number of nitrogens with one attached hydrogen (secondary N) is 2. The average molecular weight is 490 g/mol. The Labute approximate surface area is 202 Å². The minimum Gasteiger partial charge on any atom is -0.496 e. The molecule has 0 bridgehead atoms. The predicted molar refractivity (Wildman–Crippen MR) is 132 cm³/mol. The summed E-state index contributed by atoms with van der Waals surface area (Å²) in [5.41, 5.74) is 1.37. The van der Waals surface area contributed by atoms with Crippen LogP contribution in [0.25, 0.3) is 0 Å². The van der Waals surface area contributed by atoms with E-state index >= 15 is 0 Å². The molecule has 1 aliphatic carbocycles. The van der Waals surface area contributed by atoms with Crippen molar-refractivity contribution in [3.8, 4) is 5.75 Å². The highest BCUT2D eigenvalue weighted by molar-refractivity contribution is 7.87. The number of hydrogen-bond acceptors (Lipinski definition) is 5. The third kappa shape index (κ3) is 6.35. The standard InChI is InChI=1S/C25H35N3O5S/c1-28(17-18-32-2)34(30,31)27-21-13-15-25(16-14-21,20-9-5-4-6-10-20)19-26-24(29)22-11-7-8-12-23(22)33-3/h4-12,21,27H,13-19H2,1-3H3,(H,26,29). The molecule has 0 saturated heterocycles. The molecule has 1 amide bonds. The molecule has 0 radical (unpaired) electrons. The monoisotopic (exact) mass is 489 g/mol. The molecule has 1 fully saturated rings. The lowest BCUT2D eigenvalue weighted by Crippen LogP contribution is -2.50. The Morgan fingerprint density at radius 2 is 1.71 bits per heavy atom. The van der Waals surface area contributed by atoms with Gasteiger partial charge < -0.3 is 14.8 Å². The summed E-state index contributed by atoms with van der Waals surface area (Å²) >= 11 is 0. The molecule has 2 aromatic carbocycles. The first kappa shape index (κ1) is 26.2. The van der Waals surface area contributed by atoms with Crippen molar-refractivity contribution in [2.24, 2.45) is 0 Å². The van der Waals surface area contributed by atoms with Gasteiger partial charge in [0.05, 0.1) is 19.3 Å². The summed E-state index contributed by atoms with van der Waals surface area (Å²) in [7, 11) is 1.06. The first-order chi connectivity index (χ1) is 16.3. The molecule has 0 aliphatic heterocycles. The van der Waals surface area contributed by atoms with Crippen LogP contribution < -0.4 is 14.8 Å². The van der Waals surface area contributed by atoms with Crippen molar-refractivity contribution in [2.45, 2.75) is 37.1 Å². The van der Waals surface area contributed by atoms with Crippen LogP contribution in [0.5, 0.6) is 5.75 Å². The van der Waals surface area contributed by atoms with Gasteiger partial charge in [0.1, 0.15) is 5.75 Å². The maximum atomic E-state index is 13.0. The number of rotatable bonds is 11. The zero-order valence-corrected chi connectivity index (χ0v) is 20.9. The maximum Gasteiger partial charge on any atom is 0.279 e. The van der Waals surface area contributed by atoms with Gasteiger partial charge in [-0.1, -0.05) is 42.5 Å². The van der Waals surface area contributed by atoms with Crippen LogP contribution in [0.4, 0.5) is 0 Å². The summed E-state index contributed by atoms with van der Waals surface area (Å²) < 4.78 is 39.8. The van der Waals surface area contributed by atoms with E-state index in [1.807, 2.05) is 30.3 Å². The molecule has 0 heterocycles. The fourth-order valence-electron chi connectivity index (χ4n) is 4.46. The van der Waals surface area contributed by atoms with Crippen molar-refractivity contribution < 1.29 is 22.7 Å². The molecule has 1 saturated carbocycles. The lowest BCUT2D eigenvalue weighted by Gasteiger charge is -2.41. The van der Waals surface area contributed by atoms with Crippen molar-refractivity contribution in [2.75, 3.05) is 41.0 Å². The molecule has 0 atom stereocenters. The minimum absolute atomic E-state index is 0.156. The Balaban J connectivity index is 1.70. The normalized spacial score (nSPS) is 20.8. The molecule has 0 unspecified atom stereocenters. The fraction of sp³-hybridized carbons (Fsp3) is 0.480. The van der Waals surface area contributed by atoms with Gasteiger partial charge in [0.15, 0.2) is 0 Å². The number of ether oxygens (including phenoxy) is 2. The highest BCUT2D eigenvalue weighted by Gasteiger charge is 2.38. The van der Waals surface area contributed by atoms with Crippen LogP contribution in [-0.4, -0.2) is 65.6 Å². The number of para-hydroxylation sites is 1. The van der Waals surface area contributed by atoms with Crippen LogP contribution in [0.15, 0.2) is 54.6 Å². The van der Waals surface area contributed by atoms with Crippen LogP contribution in [0.3, 0.4) is 0 Å². The lowest BCUT2D eigenvalue weighted by atomic mass is 9.68. The molecule has 2 aromatic rings. The highest BCUT2D eigenvalue weighted by Crippen LogP contribution is 2.39. The summed E-state index contributed by atoms with van der Waals surface area (Å²) in [5, 5.41) is 3.11. The first-order valence-corrected chi connectivity index (χ1v) is 12.9. The smallest absolute Gasteiger partial charge is 0.279 e. The summed E-state index contributed by atoms with van der Waals surface area (Å²) in [6, 6.07) is 17.1. The topological polar surface area (TPSA) is 97.0 Å². The van der Waals surface area contributed by atoms with Crippen molar-refractivity contribution >= 4 is 16.1 Å². The van der Waals surface area contributed by atoms with Crippen molar-refractivity contribution in [1.82, 2.24) is 14.3 Å². The molecular formula is C25H35N3O5S. The second kappa shape index (κ2) is 11.8. The molecule has 0 spiro atoms. The Morgan fingerprint density at radius 3 is 2.35 bits per heavy atom. The molecule has 186 valence electrons. The quantitative estimate of drug-likeness (QED) is 0.506. The predicted octanol–water partition coefficient (Wildman–Crippen LogP) is 2.72. The number of likely N-dealkylation sites (N-methyl/N-ethyl adjacent to an activating group) is 1. The van der Waals surface area contributed by atoms with Crippen LogP contribution in [-0.2, 0) is 20.4 Å². The first-order valence-electron chi connectivity index (χ1n) is 11.5. The number of hydrogen-bond donors (Lipinski definition) is 2. The van der Waals surface area contributed by atoms with E-state index in [0.29, 0.717) is 43.9 Å². The van der Waals surface area contributed by atoms with E-state index in [4.69, 9.17) is 9.47 Å². The fourth-order valence-corrected chi connectivity index (χ4v) is 5.62. The largest absolute Gasteiger partial charge is 0.496 e. The van der Waals surface area contributed by atoms with E-state index in [9.17, 15) is 13.2 Å². The van der Waals surface area contributed by atoms with Gasteiger partial charge in [-0.3, -0.25) is 4.79 Å². The minimum atomic E-state index is -3.58. The number of carbonyl (C=O) groups excluding carboxylic acids is 1. The molecule has 34 heavy (non-hydrogen) atoms. The molecular weight excluding hydrogens is 454 g/mol. The molecule has 2 N–H and O–H groups in total. The number of benzene rings is 2. The lowest BCUT2D eigenvalue weighted by molar-refractivity contribution is 0.0932. The zero-order chi connectivity index (χ0) is 24.6. The Bertz CT molecular complexity index is 1040. The summed E-state index contributed by atoms with van der Waals surface area (Å²) in [4.78, 5) is 13.0. The Kier molecular flexibility index (Phi) is 9.07. The van der Waals surface area contributed by atoms with E-state index < -0.39 is 10.2 Å². The third-order valence-electron chi connectivity index (χ3n) is 6.60. The number of methoxy groups -OCH3 is 2. The van der Waals surface area contributed by atoms with Gasteiger partial charge in [0, 0.05) is 38.7 Å². The van der Waals surface area contributed by atoms with Gasteiger partial charge in [-0.15, -0.1) is 0 Å². The molecule has 0 aromatic heterocycles. The second-order valence-corrected chi connectivity index (χ2v) is 10.5. The van der Waals surface area contributed by atoms with E-state index in [2.05, 4.69) is 22.2 Å². The summed E-state index contributed by atoms with van der Waals surface area (Å²) in [6.07, 6.45) is 2.85. The van der Waals surface area contributed by atoms with Gasteiger partial charge in [-0.25, -0.2) is 0 Å². The Morgan fingerprint density at radius 1 is 1.06 bits per heavy atom. The van der Waals surface area contributed by atoms with Gasteiger partial charge in [-0.2, -0.15) is 17.4 Å². The SMILES string of the molecule is COCCN(C)S(=O)(=O)NC1CCC(CNC(=O)c2ccccc2OC)(c2ccccc2)CC1. The van der Waals surface area contributed by atoms with E-state index in [-0.39, 0.29) is 17.4 Å². The third-order valence-corrected chi connectivity index (χ3v) is 8.24. The molecule has 9 heteroatoms. The molecule has 3 rings (SSSR count).